The molecular formula is C22H18BrN7O2. The van der Waals surface area contributed by atoms with E-state index < -0.39 is 0 Å². The monoisotopic (exact) mass is 491 g/mol. The Labute approximate surface area is 192 Å². The number of benzene rings is 1. The average molecular weight is 492 g/mol. The number of nitrogens with zero attached hydrogens (tertiary/aromatic N) is 5. The zero-order chi connectivity index (χ0) is 22.8. The molecule has 0 saturated carbocycles. The zero-order valence-corrected chi connectivity index (χ0v) is 18.8. The Kier molecular flexibility index (Phi) is 5.75. The van der Waals surface area contributed by atoms with Crippen molar-refractivity contribution in [1.29, 1.82) is 5.26 Å². The van der Waals surface area contributed by atoms with Crippen molar-refractivity contribution >= 4 is 33.4 Å². The second-order valence-corrected chi connectivity index (χ2v) is 7.49. The topological polar surface area (TPSA) is 131 Å². The van der Waals surface area contributed by atoms with Gasteiger partial charge < -0.3 is 15.8 Å². The van der Waals surface area contributed by atoms with Crippen LogP contribution in [0.2, 0.25) is 0 Å². The van der Waals surface area contributed by atoms with Crippen LogP contribution < -0.4 is 15.8 Å². The first-order valence-corrected chi connectivity index (χ1v) is 10.4. The summed E-state index contributed by atoms with van der Waals surface area (Å²) in [5, 5.41) is 12.1. The smallest absolute Gasteiger partial charge is 0.272 e. The van der Waals surface area contributed by atoms with Crippen molar-refractivity contribution in [2.24, 2.45) is 0 Å². The van der Waals surface area contributed by atoms with Crippen LogP contribution >= 0.6 is 15.9 Å². The molecule has 4 rings (SSSR count). The number of pyridine rings is 1. The van der Waals surface area contributed by atoms with Crippen molar-refractivity contribution in [1.82, 2.24) is 24.7 Å². The van der Waals surface area contributed by atoms with Crippen molar-refractivity contribution in [2.45, 2.75) is 6.92 Å². The van der Waals surface area contributed by atoms with Gasteiger partial charge in [0.05, 0.1) is 30.0 Å². The highest BCUT2D eigenvalue weighted by Gasteiger charge is 2.25. The molecule has 0 saturated heterocycles. The highest BCUT2D eigenvalue weighted by Crippen LogP contribution is 2.38. The maximum Gasteiger partial charge on any atom is 0.272 e. The third kappa shape index (κ3) is 3.63. The number of nitriles is 1. The molecular weight excluding hydrogens is 474 g/mol. The molecule has 0 bridgehead atoms. The molecule has 3 N–H and O–H groups in total. The lowest BCUT2D eigenvalue weighted by Gasteiger charge is -2.14. The number of nitrogen functional groups attached to an aromatic ring is 1. The molecule has 0 atom stereocenters. The van der Waals surface area contributed by atoms with Gasteiger partial charge in [-0.1, -0.05) is 12.1 Å². The van der Waals surface area contributed by atoms with Gasteiger partial charge in [-0.2, -0.15) is 5.26 Å². The van der Waals surface area contributed by atoms with E-state index in [2.05, 4.69) is 42.3 Å². The summed E-state index contributed by atoms with van der Waals surface area (Å²) in [5.74, 6) is 0.203. The first-order valence-electron chi connectivity index (χ1n) is 9.65. The number of aromatic nitrogens is 4. The summed E-state index contributed by atoms with van der Waals surface area (Å²) in [6.45, 7) is 2.28. The normalized spacial score (nSPS) is 10.7. The van der Waals surface area contributed by atoms with E-state index >= 15 is 0 Å². The minimum atomic E-state index is -0.339. The molecule has 32 heavy (non-hydrogen) atoms. The third-order valence-electron chi connectivity index (χ3n) is 4.79. The number of fused-ring (bicyclic) bond motifs is 1. The quantitative estimate of drug-likeness (QED) is 0.436. The number of hydrogen-bond acceptors (Lipinski definition) is 7. The Morgan fingerprint density at radius 3 is 2.81 bits per heavy atom. The number of anilines is 1. The Morgan fingerprint density at radius 1 is 1.28 bits per heavy atom. The van der Waals surface area contributed by atoms with Gasteiger partial charge in [0.2, 0.25) is 11.8 Å². The van der Waals surface area contributed by atoms with Gasteiger partial charge in [-0.25, -0.2) is 15.0 Å². The molecule has 0 unspecified atom stereocenters. The van der Waals surface area contributed by atoms with Crippen molar-refractivity contribution < 1.29 is 9.53 Å². The number of halogens is 1. The predicted molar refractivity (Wildman–Crippen MR) is 123 cm³/mol. The number of hydrogen-bond donors (Lipinski definition) is 2. The van der Waals surface area contributed by atoms with E-state index in [0.29, 0.717) is 50.6 Å². The minimum Gasteiger partial charge on any atom is -0.481 e. The van der Waals surface area contributed by atoms with Crippen LogP contribution in [0.15, 0.2) is 47.2 Å². The van der Waals surface area contributed by atoms with Gasteiger partial charge in [0.1, 0.15) is 4.60 Å². The van der Waals surface area contributed by atoms with E-state index in [-0.39, 0.29) is 17.5 Å². The van der Waals surface area contributed by atoms with E-state index in [1.807, 2.05) is 13.0 Å². The number of carbonyl (C=O) groups is 1. The molecule has 3 heterocycles. The average Bonchev–Trinajstić information content (AvgIpc) is 3.16. The number of rotatable bonds is 5. The fraction of sp³-hybridized carbons (Fsp3) is 0.136. The number of methoxy groups -OCH3 is 1. The number of imidazole rings is 1. The molecule has 0 fully saturated rings. The van der Waals surface area contributed by atoms with E-state index in [4.69, 9.17) is 10.5 Å². The Morgan fingerprint density at radius 2 is 2.09 bits per heavy atom. The van der Waals surface area contributed by atoms with Crippen molar-refractivity contribution in [2.75, 3.05) is 19.4 Å². The highest BCUT2D eigenvalue weighted by molar-refractivity contribution is 9.10. The minimum absolute atomic E-state index is 0.136. The van der Waals surface area contributed by atoms with Gasteiger partial charge in [0.15, 0.2) is 11.3 Å². The maximum atomic E-state index is 12.6. The molecule has 0 radical (unpaired) electrons. The summed E-state index contributed by atoms with van der Waals surface area (Å²) >= 11 is 3.45. The molecule has 3 aromatic heterocycles. The largest absolute Gasteiger partial charge is 0.481 e. The van der Waals surface area contributed by atoms with Crippen LogP contribution in [0, 0.1) is 11.3 Å². The molecule has 0 spiro atoms. The predicted octanol–water partition coefficient (Wildman–Crippen LogP) is 3.43. The van der Waals surface area contributed by atoms with Crippen LogP contribution in [0.5, 0.6) is 5.88 Å². The Balaban J connectivity index is 2.11. The number of nitrogens with one attached hydrogen (secondary N) is 1. The van der Waals surface area contributed by atoms with Crippen LogP contribution in [0.1, 0.15) is 23.0 Å². The SMILES string of the molecule is CCNC(=O)c1nc2c(-c3ccnc(OC)c3)c(-c3cccc(C#N)c3)nc(N)n2c1Br. The number of carbonyl (C=O) groups excluding carboxylic acids is 1. The van der Waals surface area contributed by atoms with E-state index in [1.54, 1.807) is 40.9 Å². The van der Waals surface area contributed by atoms with Gasteiger partial charge in [0, 0.05) is 24.4 Å². The van der Waals surface area contributed by atoms with Crippen LogP contribution in [0.4, 0.5) is 5.95 Å². The Bertz CT molecular complexity index is 1390. The lowest BCUT2D eigenvalue weighted by molar-refractivity contribution is 0.0950. The summed E-state index contributed by atoms with van der Waals surface area (Å²) < 4.78 is 7.26. The molecule has 10 heteroatoms. The summed E-state index contributed by atoms with van der Waals surface area (Å²) in [7, 11) is 1.53. The van der Waals surface area contributed by atoms with E-state index in [9.17, 15) is 10.1 Å². The van der Waals surface area contributed by atoms with Crippen molar-refractivity contribution in [3.05, 3.63) is 58.5 Å². The lowest BCUT2D eigenvalue weighted by Crippen LogP contribution is -2.23. The summed E-state index contributed by atoms with van der Waals surface area (Å²) in [5.41, 5.74) is 9.93. The Hall–Kier alpha value is -3.97. The van der Waals surface area contributed by atoms with Gasteiger partial charge in [-0.3, -0.25) is 9.20 Å². The van der Waals surface area contributed by atoms with Crippen LogP contribution in [0.25, 0.3) is 28.0 Å². The second kappa shape index (κ2) is 8.64. The number of ether oxygens (including phenoxy) is 1. The van der Waals surface area contributed by atoms with E-state index in [0.717, 1.165) is 0 Å². The molecule has 0 aliphatic rings. The maximum absolute atomic E-state index is 12.6. The summed E-state index contributed by atoms with van der Waals surface area (Å²) in [6, 6.07) is 12.7. The molecule has 9 nitrogen and oxygen atoms in total. The van der Waals surface area contributed by atoms with Crippen molar-refractivity contribution in [3.63, 3.8) is 0 Å². The number of nitrogens with two attached hydrogens (primary N) is 1. The fourth-order valence-electron chi connectivity index (χ4n) is 3.38. The van der Waals surface area contributed by atoms with Crippen LogP contribution in [-0.2, 0) is 0 Å². The molecule has 4 aromatic rings. The molecule has 0 aliphatic carbocycles. The lowest BCUT2D eigenvalue weighted by atomic mass is 9.99. The van der Waals surface area contributed by atoms with E-state index in [1.165, 1.54) is 7.11 Å². The summed E-state index contributed by atoms with van der Waals surface area (Å²) in [4.78, 5) is 26.0. The molecule has 1 aromatic carbocycles. The second-order valence-electron chi connectivity index (χ2n) is 6.74. The van der Waals surface area contributed by atoms with Crippen LogP contribution in [-0.4, -0.2) is 38.9 Å². The molecule has 0 aliphatic heterocycles. The fourth-order valence-corrected chi connectivity index (χ4v) is 4.00. The van der Waals surface area contributed by atoms with Gasteiger partial charge >= 0.3 is 0 Å². The highest BCUT2D eigenvalue weighted by atomic mass is 79.9. The summed E-state index contributed by atoms with van der Waals surface area (Å²) in [6.07, 6.45) is 1.61. The van der Waals surface area contributed by atoms with Crippen LogP contribution in [0.3, 0.4) is 0 Å². The first-order chi connectivity index (χ1) is 15.5. The number of amides is 1. The van der Waals surface area contributed by atoms with Crippen molar-refractivity contribution in [3.8, 4) is 34.3 Å². The van der Waals surface area contributed by atoms with Gasteiger partial charge in [-0.15, -0.1) is 0 Å². The van der Waals surface area contributed by atoms with Gasteiger partial charge in [0.25, 0.3) is 5.91 Å². The standard InChI is InChI=1S/C22H18BrN7O2/c1-3-26-21(31)18-19(23)30-20(28-18)16(13-7-8-27-15(10-13)32-2)17(29-22(30)25)14-6-4-5-12(9-14)11-24/h4-10H,3H2,1-2H3,(H2,25,29)(H,26,31). The third-order valence-corrected chi connectivity index (χ3v) is 5.52. The zero-order valence-electron chi connectivity index (χ0n) is 17.3. The first kappa shape index (κ1) is 21.3. The molecule has 160 valence electrons. The molecule has 1 amide bonds. The van der Waals surface area contributed by atoms with Gasteiger partial charge in [-0.05, 0) is 46.6 Å².